The van der Waals surface area contributed by atoms with Crippen molar-refractivity contribution in [1.82, 2.24) is 0 Å². The van der Waals surface area contributed by atoms with Crippen molar-refractivity contribution in [2.24, 2.45) is 0 Å². The average molecular weight is 476 g/mol. The van der Waals surface area contributed by atoms with Crippen molar-refractivity contribution in [2.45, 2.75) is 78.8 Å². The third kappa shape index (κ3) is 3.90. The summed E-state index contributed by atoms with van der Waals surface area (Å²) in [6.07, 6.45) is 0. The third-order valence-corrected chi connectivity index (χ3v) is 12.9. The molecule has 0 bridgehead atoms. The molecule has 0 fully saturated rings. The molecular weight excluding hydrogens is 439 g/mol. The average Bonchev–Trinajstić information content (AvgIpc) is 3.01. The Balaban J connectivity index is 2.06. The number of allylic oxidation sites excluding steroid dienone is 8. The number of rotatable bonds is 4. The second-order valence-corrected chi connectivity index (χ2v) is 23.5. The molecule has 0 aliphatic heterocycles. The van der Waals surface area contributed by atoms with Crippen molar-refractivity contribution in [3.8, 4) is 0 Å². The highest BCUT2D eigenvalue weighted by Gasteiger charge is 2.41. The molecule has 2 atom stereocenters. The summed E-state index contributed by atoms with van der Waals surface area (Å²) in [5.74, 6) is 0. The Bertz CT molecular complexity index is 924. The van der Waals surface area contributed by atoms with Crippen LogP contribution in [-0.2, 0) is 0 Å². The predicted octanol–water partition coefficient (Wildman–Crippen LogP) is 9.56. The second kappa shape index (κ2) is 7.96. The number of halogens is 2. The Kier molecular flexibility index (Phi) is 6.32. The van der Waals surface area contributed by atoms with Crippen LogP contribution in [-0.4, -0.2) is 14.8 Å². The Hall–Kier alpha value is -0.806. The molecule has 0 N–H and O–H groups in total. The summed E-state index contributed by atoms with van der Waals surface area (Å²) in [6.45, 7) is 22.6. The molecule has 4 heteroatoms. The van der Waals surface area contributed by atoms with E-state index in [1.165, 1.54) is 55.7 Å². The first kappa shape index (κ1) is 23.8. The zero-order valence-electron chi connectivity index (χ0n) is 20.2. The smallest absolute Gasteiger partial charge is 0.161 e. The van der Waals surface area contributed by atoms with Crippen molar-refractivity contribution in [3.63, 3.8) is 0 Å². The van der Waals surface area contributed by atoms with Crippen LogP contribution < -0.4 is 0 Å². The van der Waals surface area contributed by atoms with Crippen LogP contribution in [0.15, 0.2) is 57.7 Å². The van der Waals surface area contributed by atoms with Crippen molar-refractivity contribution in [1.29, 1.82) is 0 Å². The van der Waals surface area contributed by atoms with Gasteiger partial charge in [0.25, 0.3) is 0 Å². The minimum atomic E-state index is -1.89. The van der Waals surface area contributed by atoms with E-state index in [4.69, 9.17) is 22.2 Å². The van der Waals surface area contributed by atoms with Crippen molar-refractivity contribution in [3.05, 3.63) is 68.8 Å². The molecule has 0 spiro atoms. The number of hydrogen-bond donors (Lipinski definition) is 0. The zero-order valence-corrected chi connectivity index (χ0v) is 23.7. The van der Waals surface area contributed by atoms with E-state index >= 15 is 0 Å². The van der Waals surface area contributed by atoms with Gasteiger partial charge >= 0.3 is 0 Å². The lowest BCUT2D eigenvalue weighted by Crippen LogP contribution is -2.26. The van der Waals surface area contributed by atoms with E-state index in [-0.39, 0.29) is 0 Å². The van der Waals surface area contributed by atoms with Gasteiger partial charge in [0.15, 0.2) is 14.8 Å². The van der Waals surface area contributed by atoms with Crippen LogP contribution in [0.4, 0.5) is 0 Å². The van der Waals surface area contributed by atoms with E-state index < -0.39 is 14.8 Å². The summed E-state index contributed by atoms with van der Waals surface area (Å²) in [6, 6.07) is 9.25. The molecule has 30 heavy (non-hydrogen) atoms. The fourth-order valence-corrected chi connectivity index (χ4v) is 11.9. The summed E-state index contributed by atoms with van der Waals surface area (Å²) < 4.78 is 0. The standard InChI is InChI=1S/C26H36Cl2Si2/c1-15-17(3)23(25(19(15)5)29(7,8)27)21-11-13-22(14-12-21)24-18(4)16(2)20(6)26(24)30(9,10)28/h11-14,25-26H,1-10H3. The molecule has 0 aromatic heterocycles. The van der Waals surface area contributed by atoms with E-state index in [9.17, 15) is 0 Å². The van der Waals surface area contributed by atoms with Gasteiger partial charge in [-0.25, -0.2) is 0 Å². The highest BCUT2D eigenvalue weighted by molar-refractivity contribution is 7.21. The molecule has 1 aromatic rings. The van der Waals surface area contributed by atoms with Gasteiger partial charge in [0.1, 0.15) is 0 Å². The third-order valence-electron chi connectivity index (χ3n) is 7.44. The fourth-order valence-electron chi connectivity index (χ4n) is 5.61. The van der Waals surface area contributed by atoms with E-state index in [0.717, 1.165) is 0 Å². The summed E-state index contributed by atoms with van der Waals surface area (Å²) >= 11 is 14.0. The molecule has 0 heterocycles. The Morgan fingerprint density at radius 1 is 0.533 bits per heavy atom. The molecule has 0 radical (unpaired) electrons. The SMILES string of the molecule is CC1=C(C)C([Si](C)(C)Cl)C(c2ccc(C3=C(C)C(C)=C(C)C3[Si](C)(C)Cl)cc2)=C1C. The van der Waals surface area contributed by atoms with Gasteiger partial charge in [0.05, 0.1) is 0 Å². The first-order valence-electron chi connectivity index (χ1n) is 10.9. The summed E-state index contributed by atoms with van der Waals surface area (Å²) in [4.78, 5) is 0. The van der Waals surface area contributed by atoms with E-state index in [1.807, 2.05) is 0 Å². The van der Waals surface area contributed by atoms with Gasteiger partial charge in [0.2, 0.25) is 0 Å². The normalized spacial score (nSPS) is 23.5. The lowest BCUT2D eigenvalue weighted by molar-refractivity contribution is 1.17. The predicted molar refractivity (Wildman–Crippen MR) is 143 cm³/mol. The van der Waals surface area contributed by atoms with Gasteiger partial charge < -0.3 is 0 Å². The maximum absolute atomic E-state index is 7.01. The Morgan fingerprint density at radius 3 is 1.03 bits per heavy atom. The molecule has 162 valence electrons. The van der Waals surface area contributed by atoms with Gasteiger partial charge in [-0.2, -0.15) is 22.2 Å². The van der Waals surface area contributed by atoms with Crippen LogP contribution in [0.5, 0.6) is 0 Å². The van der Waals surface area contributed by atoms with Crippen molar-refractivity contribution in [2.75, 3.05) is 0 Å². The molecule has 0 saturated carbocycles. The van der Waals surface area contributed by atoms with Crippen molar-refractivity contribution < 1.29 is 0 Å². The topological polar surface area (TPSA) is 0 Å². The maximum Gasteiger partial charge on any atom is 0.161 e. The Morgan fingerprint density at radius 2 is 0.800 bits per heavy atom. The number of hydrogen-bond acceptors (Lipinski definition) is 0. The van der Waals surface area contributed by atoms with Gasteiger partial charge in [-0.1, -0.05) is 61.6 Å². The molecule has 2 aliphatic carbocycles. The molecule has 3 rings (SSSR count). The van der Waals surface area contributed by atoms with Gasteiger partial charge in [-0.3, -0.25) is 0 Å². The molecular formula is C26H36Cl2Si2. The van der Waals surface area contributed by atoms with Crippen LogP contribution in [0.25, 0.3) is 11.1 Å². The summed E-state index contributed by atoms with van der Waals surface area (Å²) in [5, 5.41) is 0. The molecule has 2 unspecified atom stereocenters. The van der Waals surface area contributed by atoms with Gasteiger partial charge in [-0.15, -0.1) is 0 Å². The highest BCUT2D eigenvalue weighted by atomic mass is 35.6. The van der Waals surface area contributed by atoms with E-state index in [1.54, 1.807) is 0 Å². The second-order valence-electron chi connectivity index (χ2n) is 10.3. The van der Waals surface area contributed by atoms with Crippen LogP contribution in [0.2, 0.25) is 37.3 Å². The van der Waals surface area contributed by atoms with Gasteiger partial charge in [-0.05, 0) is 86.1 Å². The fraction of sp³-hybridized carbons (Fsp3) is 0.462. The maximum atomic E-state index is 7.01. The summed E-state index contributed by atoms with van der Waals surface area (Å²) in [7, 11) is -3.78. The van der Waals surface area contributed by atoms with Crippen molar-refractivity contribution >= 4 is 48.1 Å². The first-order valence-corrected chi connectivity index (χ1v) is 19.1. The minimum Gasteiger partial charge on any atom is -0.167 e. The van der Waals surface area contributed by atoms with E-state index in [2.05, 4.69) is 92.0 Å². The largest absolute Gasteiger partial charge is 0.167 e. The minimum absolute atomic E-state index is 0.380. The van der Waals surface area contributed by atoms with Crippen LogP contribution >= 0.6 is 22.2 Å². The summed E-state index contributed by atoms with van der Waals surface area (Å²) in [5.41, 5.74) is 14.8. The quantitative estimate of drug-likeness (QED) is 0.300. The number of benzene rings is 1. The lowest BCUT2D eigenvalue weighted by Gasteiger charge is -2.29. The highest BCUT2D eigenvalue weighted by Crippen LogP contribution is 2.54. The molecule has 2 aliphatic rings. The molecule has 1 aromatic carbocycles. The molecule has 0 nitrogen and oxygen atoms in total. The van der Waals surface area contributed by atoms with Crippen LogP contribution in [0.1, 0.15) is 52.7 Å². The van der Waals surface area contributed by atoms with Gasteiger partial charge in [0, 0.05) is 11.1 Å². The lowest BCUT2D eigenvalue weighted by atomic mass is 9.94. The van der Waals surface area contributed by atoms with Crippen LogP contribution in [0, 0.1) is 0 Å². The van der Waals surface area contributed by atoms with E-state index in [0.29, 0.717) is 11.1 Å². The first-order chi connectivity index (χ1) is 13.7. The van der Waals surface area contributed by atoms with Crippen LogP contribution in [0.3, 0.4) is 0 Å². The molecule has 0 saturated heterocycles. The monoisotopic (exact) mass is 474 g/mol. The molecule has 0 amide bonds. The Labute approximate surface area is 195 Å². The zero-order chi connectivity index (χ0) is 22.8.